The molecule has 1 heterocycles. The first-order valence-electron chi connectivity index (χ1n) is 7.68. The van der Waals surface area contributed by atoms with E-state index in [2.05, 4.69) is 24.3 Å². The van der Waals surface area contributed by atoms with Crippen LogP contribution in [0, 0.1) is 0 Å². The van der Waals surface area contributed by atoms with Crippen molar-refractivity contribution in [1.82, 2.24) is 0 Å². The van der Waals surface area contributed by atoms with Gasteiger partial charge in [0.05, 0.1) is 12.2 Å². The Morgan fingerprint density at radius 1 is 1.16 bits per heavy atom. The van der Waals surface area contributed by atoms with Crippen molar-refractivity contribution >= 4 is 0 Å². The van der Waals surface area contributed by atoms with Crippen LogP contribution in [0.3, 0.4) is 0 Å². The van der Waals surface area contributed by atoms with Gasteiger partial charge in [0.25, 0.3) is 0 Å². The number of hydrogen-bond donors (Lipinski definition) is 1. The van der Waals surface area contributed by atoms with Crippen molar-refractivity contribution in [3.8, 4) is 0 Å². The molecular formula is C17H26O2. The highest BCUT2D eigenvalue weighted by atomic mass is 16.5. The smallest absolute Gasteiger partial charge is 0.0576 e. The maximum atomic E-state index is 9.96. The normalized spacial score (nSPS) is 20.6. The van der Waals surface area contributed by atoms with E-state index in [-0.39, 0.29) is 6.10 Å². The fraction of sp³-hybridized carbons (Fsp3) is 0.647. The fourth-order valence-corrected chi connectivity index (χ4v) is 2.78. The Labute approximate surface area is 116 Å². The Balaban J connectivity index is 1.51. The molecule has 0 amide bonds. The van der Waals surface area contributed by atoms with Gasteiger partial charge in [0, 0.05) is 6.61 Å². The highest BCUT2D eigenvalue weighted by Gasteiger charge is 2.15. The van der Waals surface area contributed by atoms with Crippen LogP contribution in [0.1, 0.15) is 50.5 Å². The third kappa shape index (κ3) is 5.75. The molecular weight excluding hydrogens is 236 g/mol. The number of aliphatic hydroxyl groups is 1. The average molecular weight is 262 g/mol. The van der Waals surface area contributed by atoms with E-state index in [4.69, 9.17) is 4.74 Å². The van der Waals surface area contributed by atoms with Gasteiger partial charge in [-0.05, 0) is 56.9 Å². The molecule has 0 saturated carbocycles. The molecule has 2 unspecified atom stereocenters. The van der Waals surface area contributed by atoms with Gasteiger partial charge in [-0.3, -0.25) is 0 Å². The zero-order valence-electron chi connectivity index (χ0n) is 11.8. The number of aryl methyl sites for hydroxylation is 1. The van der Waals surface area contributed by atoms with E-state index in [1.165, 1.54) is 18.4 Å². The molecule has 0 aromatic heterocycles. The molecule has 0 spiro atoms. The molecule has 1 saturated heterocycles. The van der Waals surface area contributed by atoms with Gasteiger partial charge in [0.1, 0.15) is 0 Å². The van der Waals surface area contributed by atoms with Gasteiger partial charge in [0.2, 0.25) is 0 Å². The SMILES string of the molecule is OC(CCCc1ccccc1)CCCC1CCCO1. The van der Waals surface area contributed by atoms with E-state index in [0.717, 1.165) is 45.1 Å². The van der Waals surface area contributed by atoms with Crippen LogP contribution in [0.15, 0.2) is 30.3 Å². The topological polar surface area (TPSA) is 29.5 Å². The van der Waals surface area contributed by atoms with Crippen molar-refractivity contribution < 1.29 is 9.84 Å². The molecule has 1 fully saturated rings. The van der Waals surface area contributed by atoms with Crippen LogP contribution >= 0.6 is 0 Å². The molecule has 106 valence electrons. The Kier molecular flexibility index (Phi) is 6.38. The maximum Gasteiger partial charge on any atom is 0.0576 e. The lowest BCUT2D eigenvalue weighted by molar-refractivity contribution is 0.0929. The van der Waals surface area contributed by atoms with E-state index in [9.17, 15) is 5.11 Å². The molecule has 1 aliphatic rings. The van der Waals surface area contributed by atoms with Crippen LogP contribution in [0.25, 0.3) is 0 Å². The standard InChI is InChI=1S/C17H26O2/c18-16(11-5-12-17-13-6-14-19-17)10-4-9-15-7-2-1-3-8-15/h1-3,7-8,16-18H,4-6,9-14H2. The zero-order valence-corrected chi connectivity index (χ0v) is 11.8. The molecule has 1 N–H and O–H groups in total. The van der Waals surface area contributed by atoms with Crippen LogP contribution in [0.2, 0.25) is 0 Å². The Morgan fingerprint density at radius 3 is 2.68 bits per heavy atom. The Bertz CT molecular complexity index is 330. The summed E-state index contributed by atoms with van der Waals surface area (Å²) in [6.07, 6.45) is 8.96. The van der Waals surface area contributed by atoms with E-state index in [0.29, 0.717) is 6.10 Å². The van der Waals surface area contributed by atoms with E-state index < -0.39 is 0 Å². The number of hydrogen-bond acceptors (Lipinski definition) is 2. The lowest BCUT2D eigenvalue weighted by atomic mass is 10.0. The fourth-order valence-electron chi connectivity index (χ4n) is 2.78. The summed E-state index contributed by atoms with van der Waals surface area (Å²) >= 11 is 0. The molecule has 1 aromatic carbocycles. The van der Waals surface area contributed by atoms with Crippen LogP contribution in [0.5, 0.6) is 0 Å². The number of rotatable bonds is 8. The summed E-state index contributed by atoms with van der Waals surface area (Å²) in [5.74, 6) is 0. The molecule has 1 aliphatic heterocycles. The van der Waals surface area contributed by atoms with Gasteiger partial charge < -0.3 is 9.84 Å². The third-order valence-electron chi connectivity index (χ3n) is 3.93. The van der Waals surface area contributed by atoms with Gasteiger partial charge in [-0.15, -0.1) is 0 Å². The molecule has 19 heavy (non-hydrogen) atoms. The van der Waals surface area contributed by atoms with Crippen molar-refractivity contribution in [1.29, 1.82) is 0 Å². The molecule has 2 rings (SSSR count). The highest BCUT2D eigenvalue weighted by molar-refractivity contribution is 5.14. The predicted molar refractivity (Wildman–Crippen MR) is 78.2 cm³/mol. The second-order valence-electron chi connectivity index (χ2n) is 5.60. The van der Waals surface area contributed by atoms with Gasteiger partial charge in [-0.2, -0.15) is 0 Å². The van der Waals surface area contributed by atoms with Crippen molar-refractivity contribution in [2.75, 3.05) is 6.61 Å². The van der Waals surface area contributed by atoms with Crippen LogP contribution < -0.4 is 0 Å². The predicted octanol–water partition coefficient (Wildman–Crippen LogP) is 3.72. The minimum absolute atomic E-state index is 0.134. The summed E-state index contributed by atoms with van der Waals surface area (Å²) in [4.78, 5) is 0. The molecule has 0 radical (unpaired) electrons. The monoisotopic (exact) mass is 262 g/mol. The van der Waals surface area contributed by atoms with Gasteiger partial charge in [-0.1, -0.05) is 30.3 Å². The zero-order chi connectivity index (χ0) is 13.3. The lowest BCUT2D eigenvalue weighted by Gasteiger charge is -2.12. The lowest BCUT2D eigenvalue weighted by Crippen LogP contribution is -2.10. The molecule has 2 heteroatoms. The first-order chi connectivity index (χ1) is 9.34. The van der Waals surface area contributed by atoms with Gasteiger partial charge in [0.15, 0.2) is 0 Å². The molecule has 2 nitrogen and oxygen atoms in total. The average Bonchev–Trinajstić information content (AvgIpc) is 2.93. The Morgan fingerprint density at radius 2 is 1.95 bits per heavy atom. The second kappa shape index (κ2) is 8.34. The first-order valence-corrected chi connectivity index (χ1v) is 7.68. The van der Waals surface area contributed by atoms with Crippen molar-refractivity contribution in [2.24, 2.45) is 0 Å². The Hall–Kier alpha value is -0.860. The van der Waals surface area contributed by atoms with Crippen molar-refractivity contribution in [3.05, 3.63) is 35.9 Å². The molecule has 2 atom stereocenters. The van der Waals surface area contributed by atoms with Crippen molar-refractivity contribution in [2.45, 2.75) is 63.6 Å². The van der Waals surface area contributed by atoms with Crippen LogP contribution in [0.4, 0.5) is 0 Å². The molecule has 0 bridgehead atoms. The minimum atomic E-state index is -0.134. The summed E-state index contributed by atoms with van der Waals surface area (Å²) in [6.45, 7) is 0.935. The summed E-state index contributed by atoms with van der Waals surface area (Å²) < 4.78 is 5.59. The number of ether oxygens (including phenoxy) is 1. The van der Waals surface area contributed by atoms with E-state index in [1.807, 2.05) is 6.07 Å². The summed E-state index contributed by atoms with van der Waals surface area (Å²) in [6, 6.07) is 10.5. The summed E-state index contributed by atoms with van der Waals surface area (Å²) in [5.41, 5.74) is 1.37. The second-order valence-corrected chi connectivity index (χ2v) is 5.60. The third-order valence-corrected chi connectivity index (χ3v) is 3.93. The number of aliphatic hydroxyl groups excluding tert-OH is 1. The molecule has 0 aliphatic carbocycles. The van der Waals surface area contributed by atoms with Gasteiger partial charge >= 0.3 is 0 Å². The highest BCUT2D eigenvalue weighted by Crippen LogP contribution is 2.19. The minimum Gasteiger partial charge on any atom is -0.393 e. The van der Waals surface area contributed by atoms with E-state index >= 15 is 0 Å². The maximum absolute atomic E-state index is 9.96. The quantitative estimate of drug-likeness (QED) is 0.773. The van der Waals surface area contributed by atoms with Crippen LogP contribution in [-0.2, 0) is 11.2 Å². The van der Waals surface area contributed by atoms with E-state index in [1.54, 1.807) is 0 Å². The summed E-state index contributed by atoms with van der Waals surface area (Å²) in [5, 5.41) is 9.96. The largest absolute Gasteiger partial charge is 0.393 e. The summed E-state index contributed by atoms with van der Waals surface area (Å²) in [7, 11) is 0. The van der Waals surface area contributed by atoms with Crippen molar-refractivity contribution in [3.63, 3.8) is 0 Å². The first kappa shape index (κ1) is 14.5. The molecule has 1 aromatic rings. The van der Waals surface area contributed by atoms with Crippen LogP contribution in [-0.4, -0.2) is 23.9 Å². The van der Waals surface area contributed by atoms with Gasteiger partial charge in [-0.25, -0.2) is 0 Å². The number of benzene rings is 1.